The van der Waals surface area contributed by atoms with Crippen molar-refractivity contribution >= 4 is 40.0 Å². The molecule has 0 amide bonds. The molecule has 4 aromatic rings. The molecule has 0 saturated heterocycles. The minimum atomic E-state index is -0.190. The summed E-state index contributed by atoms with van der Waals surface area (Å²) in [6.45, 7) is 10.3. The summed E-state index contributed by atoms with van der Waals surface area (Å²) in [5.41, 5.74) is 4.60. The molecule has 0 bridgehead atoms. The third-order valence-corrected chi connectivity index (χ3v) is 6.85. The lowest BCUT2D eigenvalue weighted by molar-refractivity contribution is 0.102. The molecule has 0 aliphatic rings. The maximum Gasteiger partial charge on any atom is 0.266 e. The molecule has 0 radical (unpaired) electrons. The van der Waals surface area contributed by atoms with Gasteiger partial charge >= 0.3 is 0 Å². The molecule has 0 N–H and O–H groups in total. The first-order chi connectivity index (χ1) is 15.8. The van der Waals surface area contributed by atoms with E-state index in [1.54, 1.807) is 22.8 Å². The van der Waals surface area contributed by atoms with Crippen LogP contribution in [0.3, 0.4) is 0 Å². The van der Waals surface area contributed by atoms with E-state index >= 15 is 0 Å². The van der Waals surface area contributed by atoms with E-state index in [9.17, 15) is 9.59 Å². The number of benzene rings is 2. The molecule has 0 aliphatic heterocycles. The first-order valence-corrected chi connectivity index (χ1v) is 11.9. The van der Waals surface area contributed by atoms with Crippen molar-refractivity contribution < 1.29 is 4.79 Å². The Morgan fingerprint density at radius 1 is 1.15 bits per heavy atom. The number of fused-ring (bicyclic) bond motifs is 1. The minimum Gasteiger partial charge on any atom is -0.345 e. The highest BCUT2D eigenvalue weighted by Gasteiger charge is 2.19. The Bertz CT molecular complexity index is 1450. The zero-order valence-corrected chi connectivity index (χ0v) is 20.3. The number of allylic oxidation sites excluding steroid dienone is 1. The van der Waals surface area contributed by atoms with Crippen molar-refractivity contribution in [1.82, 2.24) is 14.1 Å². The highest BCUT2D eigenvalue weighted by molar-refractivity contribution is 7.99. The lowest BCUT2D eigenvalue weighted by Gasteiger charge is -2.15. The van der Waals surface area contributed by atoms with E-state index in [2.05, 4.69) is 11.1 Å². The van der Waals surface area contributed by atoms with Gasteiger partial charge in [-0.25, -0.2) is 4.98 Å². The first-order valence-electron chi connectivity index (χ1n) is 10.5. The smallest absolute Gasteiger partial charge is 0.266 e. The van der Waals surface area contributed by atoms with E-state index in [1.165, 1.54) is 11.8 Å². The third-order valence-electron chi connectivity index (χ3n) is 5.68. The maximum absolute atomic E-state index is 13.5. The van der Waals surface area contributed by atoms with E-state index < -0.39 is 0 Å². The average molecular weight is 478 g/mol. The van der Waals surface area contributed by atoms with Crippen molar-refractivity contribution in [3.8, 4) is 5.69 Å². The van der Waals surface area contributed by atoms with Gasteiger partial charge in [-0.3, -0.25) is 14.2 Å². The van der Waals surface area contributed by atoms with Crippen LogP contribution in [-0.4, -0.2) is 25.7 Å². The number of rotatable bonds is 7. The van der Waals surface area contributed by atoms with Gasteiger partial charge in [-0.05, 0) is 56.7 Å². The molecule has 2 aromatic heterocycles. The lowest BCUT2D eigenvalue weighted by Crippen LogP contribution is -2.23. The topological polar surface area (TPSA) is 56.9 Å². The third kappa shape index (κ3) is 4.41. The molecule has 5 nitrogen and oxygen atoms in total. The van der Waals surface area contributed by atoms with Crippen LogP contribution in [0.4, 0.5) is 0 Å². The second kappa shape index (κ2) is 9.41. The number of para-hydroxylation sites is 1. The number of carbonyl (C=O) groups excluding carboxylic acids is 1. The monoisotopic (exact) mass is 477 g/mol. The summed E-state index contributed by atoms with van der Waals surface area (Å²) >= 11 is 7.41. The van der Waals surface area contributed by atoms with E-state index in [0.29, 0.717) is 33.2 Å². The molecule has 2 aromatic carbocycles. The molecular weight excluding hydrogens is 454 g/mol. The normalized spacial score (nSPS) is 11.2. The minimum absolute atomic E-state index is 0.0137. The maximum atomic E-state index is 13.5. The van der Waals surface area contributed by atoms with E-state index in [-0.39, 0.29) is 17.1 Å². The zero-order valence-electron chi connectivity index (χ0n) is 18.8. The molecule has 0 spiro atoms. The summed E-state index contributed by atoms with van der Waals surface area (Å²) in [6.07, 6.45) is 1.81. The standard InChI is InChI=1S/C26H24ClN3O2S/c1-5-12-29-17(3)13-21(18(29)4)24(31)15-33-26-28-22-14-19(27)10-11-20(22)25(32)30(26)23-9-7-6-8-16(23)2/h5-11,13-14H,1,12,15H2,2-4H3. The quantitative estimate of drug-likeness (QED) is 0.143. The number of thioether (sulfide) groups is 1. The Morgan fingerprint density at radius 2 is 1.91 bits per heavy atom. The van der Waals surface area contributed by atoms with Crippen molar-refractivity contribution in [2.24, 2.45) is 0 Å². The van der Waals surface area contributed by atoms with Crippen LogP contribution in [0.2, 0.25) is 5.02 Å². The van der Waals surface area contributed by atoms with E-state index in [0.717, 1.165) is 22.6 Å². The molecule has 168 valence electrons. The number of hydrogen-bond acceptors (Lipinski definition) is 4. The molecule has 4 rings (SSSR count). The number of nitrogens with zero attached hydrogens (tertiary/aromatic N) is 3. The van der Waals surface area contributed by atoms with Crippen LogP contribution in [0.5, 0.6) is 0 Å². The van der Waals surface area contributed by atoms with Crippen molar-refractivity contribution in [2.75, 3.05) is 5.75 Å². The van der Waals surface area contributed by atoms with Crippen molar-refractivity contribution in [2.45, 2.75) is 32.5 Å². The predicted molar refractivity (Wildman–Crippen MR) is 136 cm³/mol. The molecule has 0 atom stereocenters. The predicted octanol–water partition coefficient (Wildman–Crippen LogP) is 5.93. The Hall–Kier alpha value is -3.09. The highest BCUT2D eigenvalue weighted by atomic mass is 35.5. The molecule has 7 heteroatoms. The van der Waals surface area contributed by atoms with E-state index in [1.807, 2.05) is 57.2 Å². The molecule has 0 fully saturated rings. The number of carbonyl (C=O) groups is 1. The lowest BCUT2D eigenvalue weighted by atomic mass is 10.2. The Morgan fingerprint density at radius 3 is 2.64 bits per heavy atom. The summed E-state index contributed by atoms with van der Waals surface area (Å²) in [7, 11) is 0. The summed E-state index contributed by atoms with van der Waals surface area (Å²) < 4.78 is 3.65. The summed E-state index contributed by atoms with van der Waals surface area (Å²) in [5, 5.41) is 1.44. The SMILES string of the molecule is C=CCn1c(C)cc(C(=O)CSc2nc3cc(Cl)ccc3c(=O)n2-c2ccccc2C)c1C. The number of hydrogen-bond donors (Lipinski definition) is 0. The van der Waals surface area contributed by atoms with Gasteiger partial charge in [0.15, 0.2) is 10.9 Å². The Labute approximate surface area is 201 Å². The van der Waals surface area contributed by atoms with Crippen molar-refractivity contribution in [3.63, 3.8) is 0 Å². The van der Waals surface area contributed by atoms with Crippen LogP contribution in [0.15, 0.2) is 71.1 Å². The van der Waals surface area contributed by atoms with Gasteiger partial charge in [0.05, 0.1) is 22.3 Å². The van der Waals surface area contributed by atoms with Gasteiger partial charge in [-0.2, -0.15) is 0 Å². The molecule has 0 saturated carbocycles. The highest BCUT2D eigenvalue weighted by Crippen LogP contribution is 2.26. The van der Waals surface area contributed by atoms with Gasteiger partial charge < -0.3 is 4.57 Å². The van der Waals surface area contributed by atoms with Crippen LogP contribution >= 0.6 is 23.4 Å². The van der Waals surface area contributed by atoms with Crippen molar-refractivity contribution in [3.05, 3.63) is 99.1 Å². The second-order valence-corrected chi connectivity index (χ2v) is 9.26. The second-order valence-electron chi connectivity index (χ2n) is 7.88. The van der Waals surface area contributed by atoms with Gasteiger partial charge in [0.2, 0.25) is 0 Å². The fraction of sp³-hybridized carbons (Fsp3) is 0.192. The van der Waals surface area contributed by atoms with E-state index in [4.69, 9.17) is 16.6 Å². The Balaban J connectivity index is 1.77. The first kappa shape index (κ1) is 23.1. The number of halogens is 1. The van der Waals surface area contributed by atoms with Gasteiger partial charge in [-0.15, -0.1) is 6.58 Å². The molecule has 0 unspecified atom stereocenters. The van der Waals surface area contributed by atoms with Gasteiger partial charge in [0.25, 0.3) is 5.56 Å². The zero-order chi connectivity index (χ0) is 23.7. The van der Waals surface area contributed by atoms with Crippen LogP contribution < -0.4 is 5.56 Å². The van der Waals surface area contributed by atoms with Crippen LogP contribution in [0.25, 0.3) is 16.6 Å². The molecular formula is C26H24ClN3O2S. The number of aromatic nitrogens is 3. The summed E-state index contributed by atoms with van der Waals surface area (Å²) in [4.78, 5) is 31.3. The number of Topliss-reactive ketones (excluding diaryl/α,β-unsaturated/α-hetero) is 1. The fourth-order valence-corrected chi connectivity index (χ4v) is 5.02. The fourth-order valence-electron chi connectivity index (χ4n) is 3.96. The van der Waals surface area contributed by atoms with Crippen molar-refractivity contribution in [1.29, 1.82) is 0 Å². The Kier molecular flexibility index (Phi) is 6.58. The molecule has 0 aliphatic carbocycles. The summed E-state index contributed by atoms with van der Waals surface area (Å²) in [6, 6.07) is 14.6. The molecule has 2 heterocycles. The van der Waals surface area contributed by atoms with Crippen LogP contribution in [0.1, 0.15) is 27.3 Å². The van der Waals surface area contributed by atoms with Crippen LogP contribution in [-0.2, 0) is 6.54 Å². The number of ketones is 1. The summed E-state index contributed by atoms with van der Waals surface area (Å²) in [5.74, 6) is 0.142. The largest absolute Gasteiger partial charge is 0.345 e. The van der Waals surface area contributed by atoms with Gasteiger partial charge in [0.1, 0.15) is 0 Å². The van der Waals surface area contributed by atoms with Gasteiger partial charge in [-0.1, -0.05) is 47.6 Å². The van der Waals surface area contributed by atoms with Gasteiger partial charge in [0, 0.05) is 28.5 Å². The number of aryl methyl sites for hydroxylation is 2. The van der Waals surface area contributed by atoms with Crippen LogP contribution in [0, 0.1) is 20.8 Å². The average Bonchev–Trinajstić information content (AvgIpc) is 3.07. The molecule has 33 heavy (non-hydrogen) atoms.